The maximum absolute atomic E-state index is 2.53. The van der Waals surface area contributed by atoms with Crippen LogP contribution in [-0.2, 0) is 5.41 Å². The van der Waals surface area contributed by atoms with Crippen LogP contribution in [0.4, 0.5) is 28.4 Å². The molecule has 2 unspecified atom stereocenters. The van der Waals surface area contributed by atoms with Crippen LogP contribution in [-0.4, -0.2) is 5.54 Å². The first-order chi connectivity index (χ1) is 32.1. The minimum absolute atomic E-state index is 0.315. The van der Waals surface area contributed by atoms with Crippen LogP contribution in [0.5, 0.6) is 0 Å². The van der Waals surface area contributed by atoms with Gasteiger partial charge in [-0.2, -0.15) is 0 Å². The van der Waals surface area contributed by atoms with Crippen molar-refractivity contribution < 1.29 is 0 Å². The number of allylic oxidation sites excluding steroid dienone is 2. The Morgan fingerprint density at radius 2 is 1.08 bits per heavy atom. The van der Waals surface area contributed by atoms with Crippen LogP contribution < -0.4 is 9.80 Å². The van der Waals surface area contributed by atoms with Crippen LogP contribution in [0, 0.1) is 0 Å². The van der Waals surface area contributed by atoms with E-state index in [2.05, 4.69) is 265 Å². The fourth-order valence-corrected chi connectivity index (χ4v) is 12.0. The van der Waals surface area contributed by atoms with Gasteiger partial charge in [-0.1, -0.05) is 182 Å². The summed E-state index contributed by atoms with van der Waals surface area (Å²) in [7, 11) is 0. The third-order valence-corrected chi connectivity index (χ3v) is 14.8. The molecule has 0 spiro atoms. The van der Waals surface area contributed by atoms with Crippen molar-refractivity contribution in [2.24, 2.45) is 0 Å². The average Bonchev–Trinajstić information content (AvgIpc) is 3.90. The molecule has 2 aliphatic carbocycles. The quantitative estimate of drug-likeness (QED) is 0.143. The molecule has 9 aromatic carbocycles. The van der Waals surface area contributed by atoms with Gasteiger partial charge < -0.3 is 9.80 Å². The molecule has 1 heterocycles. The van der Waals surface area contributed by atoms with E-state index >= 15 is 0 Å². The van der Waals surface area contributed by atoms with E-state index in [4.69, 9.17) is 0 Å². The number of anilines is 5. The molecule has 0 N–H and O–H groups in total. The molecule has 10 aromatic rings. The smallest absolute Gasteiger partial charge is 0.0714 e. The lowest BCUT2D eigenvalue weighted by Gasteiger charge is -2.42. The number of rotatable bonds is 9. The monoisotopic (exact) mass is 850 g/mol. The summed E-state index contributed by atoms with van der Waals surface area (Å²) in [6, 6.07) is 83.0. The van der Waals surface area contributed by atoms with Crippen molar-refractivity contribution in [2.45, 2.75) is 24.3 Å². The standard InChI is InChI=1S/C62H46N2S/c1-61(38-19-6-20-39-61)64(50-30-13-5-14-31-50)52-42-45(41-51(43-52)63(48-26-9-3-10-27-48)49-28-11-4-12-29-49)44-22-21-25-47(40-44)62(46-23-7-2-8-24-46)56-34-17-15-33-55(56)59-57(62)37-36-54-53-32-16-18-35-58(53)65-60(54)59/h2-38,40-43H,39H2,1H3. The molecule has 2 aliphatic rings. The van der Waals surface area contributed by atoms with E-state index in [1.807, 2.05) is 11.3 Å². The first-order valence-electron chi connectivity index (χ1n) is 22.6. The van der Waals surface area contributed by atoms with Crippen LogP contribution in [0.1, 0.15) is 35.6 Å². The molecule has 1 aromatic heterocycles. The van der Waals surface area contributed by atoms with Gasteiger partial charge in [0.2, 0.25) is 0 Å². The Balaban J connectivity index is 1.13. The van der Waals surface area contributed by atoms with Gasteiger partial charge in [0, 0.05) is 54.2 Å². The molecular weight excluding hydrogens is 805 g/mol. The second-order valence-electron chi connectivity index (χ2n) is 17.5. The molecule has 0 fully saturated rings. The van der Waals surface area contributed by atoms with Gasteiger partial charge in [-0.3, -0.25) is 0 Å². The maximum atomic E-state index is 2.53. The van der Waals surface area contributed by atoms with Crippen molar-refractivity contribution in [1.82, 2.24) is 0 Å². The third kappa shape index (κ3) is 6.37. The SMILES string of the molecule is CC1(N(c2ccccc2)c2cc(-c3cccc(C4(c5ccccc5)c5ccccc5-c5c4ccc4c5sc5ccccc54)c3)cc(N(c3ccccc3)c3ccccc3)c2)C=CC=CC1. The second kappa shape index (κ2) is 15.8. The Morgan fingerprint density at radius 3 is 1.80 bits per heavy atom. The zero-order chi connectivity index (χ0) is 43.4. The molecule has 2 nitrogen and oxygen atoms in total. The second-order valence-corrected chi connectivity index (χ2v) is 18.5. The number of hydrogen-bond donors (Lipinski definition) is 0. The van der Waals surface area contributed by atoms with E-state index in [9.17, 15) is 0 Å². The number of thiophene rings is 1. The summed E-state index contributed by atoms with van der Waals surface area (Å²) in [6.45, 7) is 2.35. The summed E-state index contributed by atoms with van der Waals surface area (Å²) in [5.41, 5.74) is 14.8. The lowest BCUT2D eigenvalue weighted by atomic mass is 9.67. The predicted octanol–water partition coefficient (Wildman–Crippen LogP) is 17.0. The van der Waals surface area contributed by atoms with Crippen LogP contribution in [0.25, 0.3) is 42.4 Å². The number of hydrogen-bond acceptors (Lipinski definition) is 3. The normalized spacial score (nSPS) is 17.2. The molecule has 0 amide bonds. The fraction of sp³-hybridized carbons (Fsp3) is 0.0645. The number of nitrogens with zero attached hydrogens (tertiary/aromatic N) is 2. The Hall–Kier alpha value is -7.72. The van der Waals surface area contributed by atoms with Crippen LogP contribution in [0.15, 0.2) is 249 Å². The first-order valence-corrected chi connectivity index (χ1v) is 23.4. The van der Waals surface area contributed by atoms with Gasteiger partial charge in [0.15, 0.2) is 0 Å². The molecule has 3 heteroatoms. The topological polar surface area (TPSA) is 6.48 Å². The van der Waals surface area contributed by atoms with E-state index in [0.29, 0.717) is 0 Å². The maximum Gasteiger partial charge on any atom is 0.0714 e. The Morgan fingerprint density at radius 1 is 0.446 bits per heavy atom. The van der Waals surface area contributed by atoms with Crippen molar-refractivity contribution in [3.63, 3.8) is 0 Å². The summed E-state index contributed by atoms with van der Waals surface area (Å²) in [5.74, 6) is 0. The minimum Gasteiger partial charge on any atom is -0.332 e. The van der Waals surface area contributed by atoms with E-state index in [-0.39, 0.29) is 5.54 Å². The zero-order valence-corrected chi connectivity index (χ0v) is 37.0. The van der Waals surface area contributed by atoms with Crippen molar-refractivity contribution in [3.8, 4) is 22.3 Å². The summed E-state index contributed by atoms with van der Waals surface area (Å²) >= 11 is 1.92. The summed E-state index contributed by atoms with van der Waals surface area (Å²) < 4.78 is 2.67. The van der Waals surface area contributed by atoms with Crippen molar-refractivity contribution in [2.75, 3.05) is 9.80 Å². The first kappa shape index (κ1) is 38.9. The van der Waals surface area contributed by atoms with Gasteiger partial charge in [-0.15, -0.1) is 11.3 Å². The highest BCUT2D eigenvalue weighted by Crippen LogP contribution is 2.59. The highest BCUT2D eigenvalue weighted by Gasteiger charge is 2.47. The molecular formula is C62H46N2S. The summed E-state index contributed by atoms with van der Waals surface area (Å²) in [5, 5.41) is 2.64. The van der Waals surface area contributed by atoms with E-state index in [1.54, 1.807) is 0 Å². The van der Waals surface area contributed by atoms with Gasteiger partial charge >= 0.3 is 0 Å². The lowest BCUT2D eigenvalue weighted by molar-refractivity contribution is 0.570. The zero-order valence-electron chi connectivity index (χ0n) is 36.2. The van der Waals surface area contributed by atoms with E-state index in [0.717, 1.165) is 46.0 Å². The van der Waals surface area contributed by atoms with Crippen LogP contribution >= 0.6 is 11.3 Å². The number of benzene rings is 9. The van der Waals surface area contributed by atoms with Gasteiger partial charge in [-0.05, 0) is 119 Å². The summed E-state index contributed by atoms with van der Waals surface area (Å²) in [4.78, 5) is 4.92. The van der Waals surface area contributed by atoms with Gasteiger partial charge in [0.25, 0.3) is 0 Å². The minimum atomic E-state index is -0.559. The molecule has 0 saturated carbocycles. The van der Waals surface area contributed by atoms with Crippen molar-refractivity contribution in [1.29, 1.82) is 0 Å². The number of fused-ring (bicyclic) bond motifs is 7. The predicted molar refractivity (Wildman–Crippen MR) is 277 cm³/mol. The molecule has 65 heavy (non-hydrogen) atoms. The van der Waals surface area contributed by atoms with Crippen molar-refractivity contribution >= 4 is 59.9 Å². The third-order valence-electron chi connectivity index (χ3n) is 13.6. The van der Waals surface area contributed by atoms with Crippen LogP contribution in [0.2, 0.25) is 0 Å². The summed E-state index contributed by atoms with van der Waals surface area (Å²) in [6.07, 6.45) is 9.88. The van der Waals surface area contributed by atoms with Crippen LogP contribution in [0.3, 0.4) is 0 Å². The molecule has 0 aliphatic heterocycles. The van der Waals surface area contributed by atoms with Gasteiger partial charge in [0.05, 0.1) is 11.0 Å². The average molecular weight is 851 g/mol. The molecule has 310 valence electrons. The fourth-order valence-electron chi connectivity index (χ4n) is 10.8. The molecule has 0 radical (unpaired) electrons. The largest absolute Gasteiger partial charge is 0.332 e. The molecule has 12 rings (SSSR count). The van der Waals surface area contributed by atoms with E-state index in [1.165, 1.54) is 53.6 Å². The van der Waals surface area contributed by atoms with Crippen molar-refractivity contribution in [3.05, 3.63) is 271 Å². The molecule has 0 saturated heterocycles. The Bertz CT molecular complexity index is 3390. The lowest BCUT2D eigenvalue weighted by Crippen LogP contribution is -2.42. The molecule has 0 bridgehead atoms. The Labute approximate surface area is 385 Å². The highest BCUT2D eigenvalue weighted by molar-refractivity contribution is 7.26. The number of para-hydroxylation sites is 3. The van der Waals surface area contributed by atoms with E-state index < -0.39 is 5.41 Å². The molecule has 2 atom stereocenters. The van der Waals surface area contributed by atoms with Gasteiger partial charge in [0.1, 0.15) is 0 Å². The highest BCUT2D eigenvalue weighted by atomic mass is 32.1. The van der Waals surface area contributed by atoms with Gasteiger partial charge in [-0.25, -0.2) is 0 Å². The Kier molecular flexibility index (Phi) is 9.47.